The predicted molar refractivity (Wildman–Crippen MR) is 49.4 cm³/mol. The summed E-state index contributed by atoms with van der Waals surface area (Å²) in [4.78, 5) is -0.917. The average molecular weight is 224 g/mol. The molecule has 0 aliphatic rings. The summed E-state index contributed by atoms with van der Waals surface area (Å²) in [5, 5.41) is 0. The van der Waals surface area contributed by atoms with Crippen LogP contribution in [0.2, 0.25) is 0 Å². The van der Waals surface area contributed by atoms with Crippen LogP contribution in [-0.4, -0.2) is 9.67 Å². The van der Waals surface area contributed by atoms with Crippen LogP contribution in [0.15, 0.2) is 0 Å². The van der Waals surface area contributed by atoms with Crippen molar-refractivity contribution in [2.75, 3.05) is 0 Å². The van der Waals surface area contributed by atoms with Crippen molar-refractivity contribution in [2.24, 2.45) is 5.92 Å². The van der Waals surface area contributed by atoms with Crippen molar-refractivity contribution >= 4 is 46.4 Å². The molecule has 10 heavy (non-hydrogen) atoms. The van der Waals surface area contributed by atoms with Crippen LogP contribution < -0.4 is 0 Å². The zero-order valence-electron chi connectivity index (χ0n) is 5.66. The molecule has 0 unspecified atom stereocenters. The molecule has 62 valence electrons. The standard InChI is InChI=1S/C6H10Cl4/c1-2-3-4(5(7)8)6(9)10/h4-6H,2-3H2,1H3. The summed E-state index contributed by atoms with van der Waals surface area (Å²) in [6, 6.07) is 0. The maximum Gasteiger partial charge on any atom is 0.113 e. The molecule has 0 aliphatic heterocycles. The Hall–Kier alpha value is 1.16. The molecule has 0 nitrogen and oxygen atoms in total. The fourth-order valence-corrected chi connectivity index (χ4v) is 2.08. The Bertz CT molecular complexity index is 73.8. The quantitative estimate of drug-likeness (QED) is 0.632. The van der Waals surface area contributed by atoms with Crippen LogP contribution in [0.25, 0.3) is 0 Å². The fourth-order valence-electron chi connectivity index (χ4n) is 0.695. The number of alkyl halides is 4. The minimum Gasteiger partial charge on any atom is -0.105 e. The lowest BCUT2D eigenvalue weighted by Gasteiger charge is -2.17. The topological polar surface area (TPSA) is 0 Å². The van der Waals surface area contributed by atoms with Crippen LogP contribution >= 0.6 is 46.4 Å². The van der Waals surface area contributed by atoms with E-state index in [0.717, 1.165) is 12.8 Å². The molecule has 0 rings (SSSR count). The third kappa shape index (κ3) is 4.12. The normalized spacial score (nSPS) is 12.0. The van der Waals surface area contributed by atoms with Gasteiger partial charge in [0.25, 0.3) is 0 Å². The van der Waals surface area contributed by atoms with Gasteiger partial charge in [0.1, 0.15) is 9.67 Å². The average Bonchev–Trinajstić information content (AvgIpc) is 1.81. The van der Waals surface area contributed by atoms with E-state index in [1.165, 1.54) is 0 Å². The zero-order valence-corrected chi connectivity index (χ0v) is 8.68. The summed E-state index contributed by atoms with van der Waals surface area (Å²) < 4.78 is 0. The molecular formula is C6H10Cl4. The molecule has 0 aromatic carbocycles. The Morgan fingerprint density at radius 2 is 1.40 bits per heavy atom. The van der Waals surface area contributed by atoms with Crippen molar-refractivity contribution in [3.8, 4) is 0 Å². The Morgan fingerprint density at radius 1 is 1.00 bits per heavy atom. The lowest BCUT2D eigenvalue weighted by molar-refractivity contribution is 0.544. The molecule has 0 aromatic rings. The van der Waals surface area contributed by atoms with Crippen molar-refractivity contribution in [1.82, 2.24) is 0 Å². The number of hydrogen-bond donors (Lipinski definition) is 0. The van der Waals surface area contributed by atoms with Gasteiger partial charge in [-0.25, -0.2) is 0 Å². The van der Waals surface area contributed by atoms with Crippen LogP contribution in [0.1, 0.15) is 19.8 Å². The van der Waals surface area contributed by atoms with Gasteiger partial charge in [-0.1, -0.05) is 13.3 Å². The molecule has 0 saturated carbocycles. The van der Waals surface area contributed by atoms with Crippen LogP contribution in [0.3, 0.4) is 0 Å². The van der Waals surface area contributed by atoms with E-state index in [4.69, 9.17) is 46.4 Å². The first kappa shape index (κ1) is 11.2. The van der Waals surface area contributed by atoms with Crippen molar-refractivity contribution in [3.05, 3.63) is 0 Å². The van der Waals surface area contributed by atoms with Crippen LogP contribution in [0.4, 0.5) is 0 Å². The summed E-state index contributed by atoms with van der Waals surface area (Å²) in [7, 11) is 0. The van der Waals surface area contributed by atoms with Crippen molar-refractivity contribution in [1.29, 1.82) is 0 Å². The highest BCUT2D eigenvalue weighted by Gasteiger charge is 2.22. The lowest BCUT2D eigenvalue weighted by atomic mass is 10.1. The van der Waals surface area contributed by atoms with Crippen molar-refractivity contribution in [2.45, 2.75) is 29.4 Å². The Balaban J connectivity index is 3.73. The second-order valence-electron chi connectivity index (χ2n) is 2.12. The van der Waals surface area contributed by atoms with Crippen LogP contribution in [0, 0.1) is 5.92 Å². The van der Waals surface area contributed by atoms with E-state index in [1.807, 2.05) is 6.92 Å². The second kappa shape index (κ2) is 5.77. The molecule has 0 bridgehead atoms. The largest absolute Gasteiger partial charge is 0.113 e. The summed E-state index contributed by atoms with van der Waals surface area (Å²) in [6.07, 6.45) is 1.87. The maximum absolute atomic E-state index is 5.61. The number of rotatable bonds is 4. The molecule has 0 atom stereocenters. The molecule has 0 saturated heterocycles. The number of hydrogen-bond acceptors (Lipinski definition) is 0. The van der Waals surface area contributed by atoms with E-state index in [-0.39, 0.29) is 5.92 Å². The summed E-state index contributed by atoms with van der Waals surface area (Å²) in [6.45, 7) is 2.04. The first-order valence-electron chi connectivity index (χ1n) is 3.15. The molecule has 0 aliphatic carbocycles. The van der Waals surface area contributed by atoms with Gasteiger partial charge in [-0.3, -0.25) is 0 Å². The Labute approximate surface area is 81.8 Å². The van der Waals surface area contributed by atoms with Gasteiger partial charge in [0, 0.05) is 5.92 Å². The highest BCUT2D eigenvalue weighted by atomic mass is 35.5. The van der Waals surface area contributed by atoms with Gasteiger partial charge >= 0.3 is 0 Å². The Kier molecular flexibility index (Phi) is 6.43. The van der Waals surface area contributed by atoms with E-state index in [0.29, 0.717) is 0 Å². The van der Waals surface area contributed by atoms with Crippen LogP contribution in [-0.2, 0) is 0 Å². The summed E-state index contributed by atoms with van der Waals surface area (Å²) >= 11 is 22.5. The zero-order chi connectivity index (χ0) is 8.15. The molecule has 0 spiro atoms. The minimum absolute atomic E-state index is 0.00309. The molecule has 0 aromatic heterocycles. The van der Waals surface area contributed by atoms with Gasteiger partial charge in [0.2, 0.25) is 0 Å². The number of halogens is 4. The SMILES string of the molecule is CCCC(C(Cl)Cl)C(Cl)Cl. The van der Waals surface area contributed by atoms with Gasteiger partial charge in [-0.2, -0.15) is 0 Å². The fraction of sp³-hybridized carbons (Fsp3) is 1.00. The van der Waals surface area contributed by atoms with Gasteiger partial charge in [0.15, 0.2) is 0 Å². The van der Waals surface area contributed by atoms with Gasteiger partial charge in [-0.05, 0) is 6.42 Å². The highest BCUT2D eigenvalue weighted by molar-refractivity contribution is 6.48. The van der Waals surface area contributed by atoms with E-state index in [2.05, 4.69) is 0 Å². The van der Waals surface area contributed by atoms with E-state index >= 15 is 0 Å². The van der Waals surface area contributed by atoms with E-state index in [9.17, 15) is 0 Å². The molecule has 0 heterocycles. The van der Waals surface area contributed by atoms with E-state index in [1.54, 1.807) is 0 Å². The molecule has 0 amide bonds. The molecule has 0 N–H and O–H groups in total. The predicted octanol–water partition coefficient (Wildman–Crippen LogP) is 4.01. The maximum atomic E-state index is 5.61. The smallest absolute Gasteiger partial charge is 0.105 e. The monoisotopic (exact) mass is 222 g/mol. The Morgan fingerprint density at radius 3 is 1.50 bits per heavy atom. The highest BCUT2D eigenvalue weighted by Crippen LogP contribution is 2.29. The molecule has 4 heteroatoms. The second-order valence-corrected chi connectivity index (χ2v) is 4.45. The third-order valence-electron chi connectivity index (χ3n) is 1.27. The van der Waals surface area contributed by atoms with Gasteiger partial charge < -0.3 is 0 Å². The van der Waals surface area contributed by atoms with Gasteiger partial charge in [-0.15, -0.1) is 46.4 Å². The van der Waals surface area contributed by atoms with Gasteiger partial charge in [0.05, 0.1) is 0 Å². The van der Waals surface area contributed by atoms with Crippen molar-refractivity contribution < 1.29 is 0 Å². The summed E-state index contributed by atoms with van der Waals surface area (Å²) in [5.41, 5.74) is 0. The molecular weight excluding hydrogens is 214 g/mol. The molecule has 0 fully saturated rings. The first-order chi connectivity index (χ1) is 4.59. The minimum atomic E-state index is -0.458. The van der Waals surface area contributed by atoms with Crippen molar-refractivity contribution in [3.63, 3.8) is 0 Å². The van der Waals surface area contributed by atoms with Crippen LogP contribution in [0.5, 0.6) is 0 Å². The molecule has 0 radical (unpaired) electrons. The third-order valence-corrected chi connectivity index (χ3v) is 2.56. The first-order valence-corrected chi connectivity index (χ1v) is 4.90. The summed E-state index contributed by atoms with van der Waals surface area (Å²) in [5.74, 6) is -0.00309. The van der Waals surface area contributed by atoms with E-state index < -0.39 is 9.67 Å². The lowest BCUT2D eigenvalue weighted by Crippen LogP contribution is -2.16.